The van der Waals surface area contributed by atoms with Crippen LogP contribution >= 0.6 is 0 Å². The van der Waals surface area contributed by atoms with Crippen LogP contribution in [0.25, 0.3) is 11.0 Å². The van der Waals surface area contributed by atoms with Crippen LogP contribution in [-0.4, -0.2) is 35.3 Å². The monoisotopic (exact) mass is 306 g/mol. The van der Waals surface area contributed by atoms with Crippen LogP contribution in [0.3, 0.4) is 0 Å². The first-order valence-electron chi connectivity index (χ1n) is 7.07. The van der Waals surface area contributed by atoms with Crippen LogP contribution in [0.1, 0.15) is 18.7 Å². The fraction of sp³-hybridized carbons (Fsp3) is 0.467. The zero-order valence-electron chi connectivity index (χ0n) is 11.9. The molecule has 0 N–H and O–H groups in total. The Balaban J connectivity index is 1.71. The molecule has 1 atom stereocenters. The van der Waals surface area contributed by atoms with Crippen molar-refractivity contribution in [2.75, 3.05) is 11.5 Å². The molecule has 1 fully saturated rings. The van der Waals surface area contributed by atoms with Crippen LogP contribution in [-0.2, 0) is 28.1 Å². The minimum atomic E-state index is -2.92. The Kier molecular flexibility index (Phi) is 3.57. The van der Waals surface area contributed by atoms with Gasteiger partial charge in [0.2, 0.25) is 0 Å². The number of nitrogens with zero attached hydrogens (tertiary/aromatic N) is 2. The molecule has 0 bridgehead atoms. The van der Waals surface area contributed by atoms with E-state index in [0.717, 1.165) is 16.9 Å². The quantitative estimate of drug-likeness (QED) is 0.858. The van der Waals surface area contributed by atoms with Crippen molar-refractivity contribution >= 4 is 26.7 Å². The van der Waals surface area contributed by atoms with Crippen molar-refractivity contribution < 1.29 is 13.2 Å². The van der Waals surface area contributed by atoms with Gasteiger partial charge in [0.15, 0.2) is 9.84 Å². The number of Topliss-reactive ketones (excluding diaryl/α,β-unsaturated/α-hetero) is 1. The number of carbonyl (C=O) groups excluding carboxylic acids is 1. The number of hydrogen-bond donors (Lipinski definition) is 0. The molecule has 6 heteroatoms. The zero-order valence-corrected chi connectivity index (χ0v) is 12.8. The second-order valence-corrected chi connectivity index (χ2v) is 7.99. The van der Waals surface area contributed by atoms with Gasteiger partial charge >= 0.3 is 0 Å². The lowest BCUT2D eigenvalue weighted by Gasteiger charge is -2.06. The molecule has 0 saturated carbocycles. The fourth-order valence-electron chi connectivity index (χ4n) is 2.96. The molecule has 0 aliphatic carbocycles. The molecular formula is C15H18N2O3S. The first-order chi connectivity index (χ1) is 9.94. The predicted octanol–water partition coefficient (Wildman–Crippen LogP) is 1.51. The van der Waals surface area contributed by atoms with Crippen molar-refractivity contribution in [3.63, 3.8) is 0 Å². The topological polar surface area (TPSA) is 69.0 Å². The summed E-state index contributed by atoms with van der Waals surface area (Å²) in [6, 6.07) is 7.76. The molecule has 21 heavy (non-hydrogen) atoms. The Labute approximate surface area is 123 Å². The fourth-order valence-corrected chi connectivity index (χ4v) is 4.82. The van der Waals surface area contributed by atoms with Crippen molar-refractivity contribution in [3.8, 4) is 0 Å². The molecule has 1 aromatic carbocycles. The average molecular weight is 306 g/mol. The van der Waals surface area contributed by atoms with E-state index in [4.69, 9.17) is 0 Å². The third kappa shape index (κ3) is 3.00. The van der Waals surface area contributed by atoms with Crippen LogP contribution < -0.4 is 0 Å². The summed E-state index contributed by atoms with van der Waals surface area (Å²) in [4.78, 5) is 16.6. The van der Waals surface area contributed by atoms with E-state index in [2.05, 4.69) is 4.98 Å². The van der Waals surface area contributed by atoms with Crippen LogP contribution in [0.4, 0.5) is 0 Å². The molecule has 2 aromatic rings. The molecule has 2 heterocycles. The Hall–Kier alpha value is -1.69. The molecule has 3 rings (SSSR count). The first kappa shape index (κ1) is 14.3. The summed E-state index contributed by atoms with van der Waals surface area (Å²) < 4.78 is 24.8. The Morgan fingerprint density at radius 3 is 2.81 bits per heavy atom. The van der Waals surface area contributed by atoms with Crippen LogP contribution in [0, 0.1) is 5.92 Å². The Bertz CT molecular complexity index is 792. The Morgan fingerprint density at radius 2 is 2.14 bits per heavy atom. The van der Waals surface area contributed by atoms with Gasteiger partial charge in [-0.05, 0) is 24.5 Å². The number of aromatic nitrogens is 2. The van der Waals surface area contributed by atoms with E-state index >= 15 is 0 Å². The number of ketones is 1. The smallest absolute Gasteiger partial charge is 0.150 e. The average Bonchev–Trinajstić information content (AvgIpc) is 2.91. The number of rotatable bonds is 4. The van der Waals surface area contributed by atoms with Crippen molar-refractivity contribution in [2.45, 2.75) is 19.3 Å². The minimum Gasteiger partial charge on any atom is -0.331 e. The zero-order chi connectivity index (χ0) is 15.0. The lowest BCUT2D eigenvalue weighted by atomic mass is 10.0. The van der Waals surface area contributed by atoms with E-state index in [1.54, 1.807) is 0 Å². The summed E-state index contributed by atoms with van der Waals surface area (Å²) in [5, 5.41) is 0. The molecule has 112 valence electrons. The summed E-state index contributed by atoms with van der Waals surface area (Å²) >= 11 is 0. The molecule has 0 radical (unpaired) electrons. The molecule has 1 saturated heterocycles. The minimum absolute atomic E-state index is 0.0165. The molecule has 0 spiro atoms. The summed E-state index contributed by atoms with van der Waals surface area (Å²) in [5.74, 6) is 1.16. The number of aryl methyl sites for hydroxylation is 1. The highest BCUT2D eigenvalue weighted by molar-refractivity contribution is 7.91. The summed E-state index contributed by atoms with van der Waals surface area (Å²) in [6.45, 7) is 0. The van der Waals surface area contributed by atoms with E-state index in [1.807, 2.05) is 35.9 Å². The summed E-state index contributed by atoms with van der Waals surface area (Å²) in [6.07, 6.45) is 1.21. The lowest BCUT2D eigenvalue weighted by molar-refractivity contribution is -0.119. The predicted molar refractivity (Wildman–Crippen MR) is 80.8 cm³/mol. The summed E-state index contributed by atoms with van der Waals surface area (Å²) in [5.41, 5.74) is 1.88. The van der Waals surface area contributed by atoms with E-state index in [0.29, 0.717) is 12.8 Å². The van der Waals surface area contributed by atoms with Crippen LogP contribution in [0.2, 0.25) is 0 Å². The maximum Gasteiger partial charge on any atom is 0.150 e. The normalized spacial score (nSPS) is 20.9. The Morgan fingerprint density at radius 1 is 1.38 bits per heavy atom. The van der Waals surface area contributed by atoms with Crippen molar-refractivity contribution in [2.24, 2.45) is 13.0 Å². The number of benzene rings is 1. The van der Waals surface area contributed by atoms with Gasteiger partial charge in [0.25, 0.3) is 0 Å². The molecule has 0 amide bonds. The van der Waals surface area contributed by atoms with Crippen LogP contribution in [0.5, 0.6) is 0 Å². The molecular weight excluding hydrogens is 288 g/mol. The van der Waals surface area contributed by atoms with Gasteiger partial charge in [-0.25, -0.2) is 13.4 Å². The van der Waals surface area contributed by atoms with Gasteiger partial charge in [-0.2, -0.15) is 0 Å². The van der Waals surface area contributed by atoms with Gasteiger partial charge in [0.05, 0.1) is 29.0 Å². The van der Waals surface area contributed by atoms with Gasteiger partial charge < -0.3 is 4.57 Å². The van der Waals surface area contributed by atoms with Gasteiger partial charge in [0, 0.05) is 13.5 Å². The highest BCUT2D eigenvalue weighted by Gasteiger charge is 2.29. The van der Waals surface area contributed by atoms with Crippen molar-refractivity contribution in [1.82, 2.24) is 9.55 Å². The number of sulfone groups is 1. The number of fused-ring (bicyclic) bond motifs is 1. The lowest BCUT2D eigenvalue weighted by Crippen LogP contribution is -2.14. The van der Waals surface area contributed by atoms with E-state index in [9.17, 15) is 13.2 Å². The van der Waals surface area contributed by atoms with Gasteiger partial charge in [-0.15, -0.1) is 0 Å². The molecule has 1 unspecified atom stereocenters. The third-order valence-electron chi connectivity index (χ3n) is 4.08. The second kappa shape index (κ2) is 5.26. The van der Waals surface area contributed by atoms with Crippen molar-refractivity contribution in [1.29, 1.82) is 0 Å². The van der Waals surface area contributed by atoms with Crippen LogP contribution in [0.15, 0.2) is 24.3 Å². The largest absolute Gasteiger partial charge is 0.331 e. The number of carbonyl (C=O) groups is 1. The van der Waals surface area contributed by atoms with E-state index in [-0.39, 0.29) is 29.6 Å². The third-order valence-corrected chi connectivity index (χ3v) is 5.92. The number of hydrogen-bond acceptors (Lipinski definition) is 4. The maximum absolute atomic E-state index is 12.2. The standard InChI is InChI=1S/C15H18N2O3S/c1-17-14-5-3-2-4-13(14)16-15(17)9-12(18)8-11-6-7-21(19,20)10-11/h2-5,11H,6-10H2,1H3. The number of imidazole rings is 1. The van der Waals surface area contributed by atoms with Gasteiger partial charge in [-0.3, -0.25) is 4.79 Å². The SMILES string of the molecule is Cn1c(CC(=O)CC2CCS(=O)(=O)C2)nc2ccccc21. The molecule has 1 aromatic heterocycles. The van der Waals surface area contributed by atoms with E-state index in [1.165, 1.54) is 0 Å². The highest BCUT2D eigenvalue weighted by atomic mass is 32.2. The van der Waals surface area contributed by atoms with Crippen molar-refractivity contribution in [3.05, 3.63) is 30.1 Å². The molecule has 1 aliphatic rings. The maximum atomic E-state index is 12.2. The number of para-hydroxylation sites is 2. The highest BCUT2D eigenvalue weighted by Crippen LogP contribution is 2.23. The molecule has 1 aliphatic heterocycles. The first-order valence-corrected chi connectivity index (χ1v) is 8.89. The summed E-state index contributed by atoms with van der Waals surface area (Å²) in [7, 11) is -1.01. The molecule has 5 nitrogen and oxygen atoms in total. The van der Waals surface area contributed by atoms with Gasteiger partial charge in [-0.1, -0.05) is 12.1 Å². The van der Waals surface area contributed by atoms with Gasteiger partial charge in [0.1, 0.15) is 11.6 Å². The van der Waals surface area contributed by atoms with E-state index < -0.39 is 9.84 Å². The second-order valence-electron chi connectivity index (χ2n) is 5.76.